The Bertz CT molecular complexity index is 631. The van der Waals surface area contributed by atoms with Crippen molar-refractivity contribution in [3.63, 3.8) is 0 Å². The number of hydrogen-bond donors (Lipinski definition) is 1. The van der Waals surface area contributed by atoms with Crippen molar-refractivity contribution in [3.05, 3.63) is 41.5 Å². The van der Waals surface area contributed by atoms with Gasteiger partial charge in [-0.2, -0.15) is 0 Å². The van der Waals surface area contributed by atoms with E-state index < -0.39 is 0 Å². The van der Waals surface area contributed by atoms with E-state index in [1.165, 1.54) is 57.4 Å². The third-order valence-corrected chi connectivity index (χ3v) is 4.82. The maximum Gasteiger partial charge on any atom is 0.137 e. The number of nitrogens with zero attached hydrogens (tertiary/aromatic N) is 1. The number of benzene rings is 1. The van der Waals surface area contributed by atoms with Crippen molar-refractivity contribution < 1.29 is 4.39 Å². The highest BCUT2D eigenvalue weighted by molar-refractivity contribution is 5.61. The highest BCUT2D eigenvalue weighted by Crippen LogP contribution is 2.28. The summed E-state index contributed by atoms with van der Waals surface area (Å²) in [5, 5.41) is 0. The van der Waals surface area contributed by atoms with E-state index in [1.54, 1.807) is 6.07 Å². The van der Waals surface area contributed by atoms with Crippen LogP contribution >= 0.6 is 0 Å². The number of aromatic amines is 1. The van der Waals surface area contributed by atoms with Crippen molar-refractivity contribution in [2.75, 3.05) is 0 Å². The second-order valence-electron chi connectivity index (χ2n) is 7.37. The van der Waals surface area contributed by atoms with Crippen LogP contribution < -0.4 is 0 Å². The SMILES string of the molecule is CCCCCCCCCCc1cnc(-c2cc(F)ccc2C(C)C)[nH]1. The summed E-state index contributed by atoms with van der Waals surface area (Å²) in [6, 6.07) is 4.99. The normalized spacial score (nSPS) is 11.4. The molecule has 0 aliphatic heterocycles. The van der Waals surface area contributed by atoms with Crippen LogP contribution in [0.15, 0.2) is 24.4 Å². The predicted octanol–water partition coefficient (Wildman–Crippen LogP) is 7.02. The van der Waals surface area contributed by atoms with E-state index in [-0.39, 0.29) is 5.82 Å². The van der Waals surface area contributed by atoms with Gasteiger partial charge in [-0.3, -0.25) is 0 Å². The quantitative estimate of drug-likeness (QED) is 0.436. The molecule has 0 saturated carbocycles. The molecule has 0 saturated heterocycles. The van der Waals surface area contributed by atoms with Crippen molar-refractivity contribution in [2.45, 2.75) is 84.5 Å². The molecule has 0 unspecified atom stereocenters. The lowest BCUT2D eigenvalue weighted by Crippen LogP contribution is -1.95. The average molecular weight is 345 g/mol. The number of hydrogen-bond acceptors (Lipinski definition) is 1. The van der Waals surface area contributed by atoms with Crippen LogP contribution in [-0.4, -0.2) is 9.97 Å². The summed E-state index contributed by atoms with van der Waals surface area (Å²) >= 11 is 0. The average Bonchev–Trinajstić information content (AvgIpc) is 3.05. The Labute approximate surface area is 152 Å². The van der Waals surface area contributed by atoms with Gasteiger partial charge in [-0.05, 0) is 36.5 Å². The summed E-state index contributed by atoms with van der Waals surface area (Å²) in [6.07, 6.45) is 13.5. The fourth-order valence-corrected chi connectivity index (χ4v) is 3.31. The molecule has 1 aromatic carbocycles. The fraction of sp³-hybridized carbons (Fsp3) is 0.591. The van der Waals surface area contributed by atoms with Gasteiger partial charge < -0.3 is 4.98 Å². The highest BCUT2D eigenvalue weighted by Gasteiger charge is 2.12. The number of H-pyrrole nitrogens is 1. The van der Waals surface area contributed by atoms with Crippen LogP contribution in [0.2, 0.25) is 0 Å². The van der Waals surface area contributed by atoms with E-state index in [1.807, 2.05) is 12.3 Å². The van der Waals surface area contributed by atoms with Gasteiger partial charge >= 0.3 is 0 Å². The van der Waals surface area contributed by atoms with Gasteiger partial charge in [0.25, 0.3) is 0 Å². The molecule has 0 aliphatic carbocycles. The van der Waals surface area contributed by atoms with Crippen molar-refractivity contribution in [1.82, 2.24) is 9.97 Å². The van der Waals surface area contributed by atoms with Gasteiger partial charge in [0.2, 0.25) is 0 Å². The largest absolute Gasteiger partial charge is 0.342 e. The van der Waals surface area contributed by atoms with Crippen molar-refractivity contribution in [2.24, 2.45) is 0 Å². The first-order chi connectivity index (χ1) is 12.1. The second kappa shape index (κ2) is 10.4. The molecule has 3 heteroatoms. The van der Waals surface area contributed by atoms with Crippen molar-refractivity contribution in [1.29, 1.82) is 0 Å². The monoisotopic (exact) mass is 344 g/mol. The smallest absolute Gasteiger partial charge is 0.137 e. The predicted molar refractivity (Wildman–Crippen MR) is 104 cm³/mol. The Morgan fingerprint density at radius 3 is 2.36 bits per heavy atom. The standard InChI is InChI=1S/C22H33FN2/c1-4-5-6-7-8-9-10-11-12-19-16-24-22(25-19)21-15-18(23)13-14-20(21)17(2)3/h13-17H,4-12H2,1-3H3,(H,24,25). The zero-order valence-electron chi connectivity index (χ0n) is 16.1. The lowest BCUT2D eigenvalue weighted by atomic mass is 9.97. The molecule has 0 atom stereocenters. The first-order valence-corrected chi connectivity index (χ1v) is 9.95. The van der Waals surface area contributed by atoms with Gasteiger partial charge in [0, 0.05) is 17.5 Å². The zero-order valence-corrected chi connectivity index (χ0v) is 16.1. The van der Waals surface area contributed by atoms with Gasteiger partial charge in [0.1, 0.15) is 11.6 Å². The van der Waals surface area contributed by atoms with Crippen LogP contribution in [0.25, 0.3) is 11.4 Å². The third kappa shape index (κ3) is 6.30. The summed E-state index contributed by atoms with van der Waals surface area (Å²) in [4.78, 5) is 7.89. The summed E-state index contributed by atoms with van der Waals surface area (Å²) in [6.45, 7) is 6.51. The topological polar surface area (TPSA) is 28.7 Å². The number of aryl methyl sites for hydroxylation is 1. The molecular weight excluding hydrogens is 311 g/mol. The molecule has 1 heterocycles. The maximum absolute atomic E-state index is 13.7. The fourth-order valence-electron chi connectivity index (χ4n) is 3.31. The highest BCUT2D eigenvalue weighted by atomic mass is 19.1. The maximum atomic E-state index is 13.7. The van der Waals surface area contributed by atoms with Crippen LogP contribution in [-0.2, 0) is 6.42 Å². The molecule has 1 aromatic heterocycles. The van der Waals surface area contributed by atoms with Crippen molar-refractivity contribution in [3.8, 4) is 11.4 Å². The Balaban J connectivity index is 1.84. The number of halogens is 1. The summed E-state index contributed by atoms with van der Waals surface area (Å²) < 4.78 is 13.7. The Hall–Kier alpha value is -1.64. The van der Waals surface area contributed by atoms with Crippen LogP contribution in [0.4, 0.5) is 4.39 Å². The first kappa shape index (κ1) is 19.7. The van der Waals surface area contributed by atoms with Gasteiger partial charge in [0.05, 0.1) is 0 Å². The number of nitrogens with one attached hydrogen (secondary N) is 1. The molecule has 1 N–H and O–H groups in total. The Morgan fingerprint density at radius 1 is 1.00 bits per heavy atom. The van der Waals surface area contributed by atoms with Crippen LogP contribution in [0, 0.1) is 5.82 Å². The van der Waals surface area contributed by atoms with Gasteiger partial charge in [0.15, 0.2) is 0 Å². The van der Waals surface area contributed by atoms with Crippen LogP contribution in [0.1, 0.15) is 89.3 Å². The van der Waals surface area contributed by atoms with Crippen LogP contribution in [0.3, 0.4) is 0 Å². The third-order valence-electron chi connectivity index (χ3n) is 4.82. The van der Waals surface area contributed by atoms with E-state index in [4.69, 9.17) is 0 Å². The summed E-state index contributed by atoms with van der Waals surface area (Å²) in [5.41, 5.74) is 3.17. The molecule has 138 valence electrons. The minimum atomic E-state index is -0.208. The van der Waals surface area contributed by atoms with Gasteiger partial charge in [-0.1, -0.05) is 71.8 Å². The summed E-state index contributed by atoms with van der Waals surface area (Å²) in [5.74, 6) is 0.926. The Kier molecular flexibility index (Phi) is 8.17. The second-order valence-corrected chi connectivity index (χ2v) is 7.37. The molecule has 0 radical (unpaired) electrons. The zero-order chi connectivity index (χ0) is 18.1. The molecule has 0 amide bonds. The van der Waals surface area contributed by atoms with E-state index in [0.29, 0.717) is 5.92 Å². The molecule has 0 bridgehead atoms. The molecule has 0 spiro atoms. The molecule has 2 rings (SSSR count). The lowest BCUT2D eigenvalue weighted by molar-refractivity contribution is 0.574. The van der Waals surface area contributed by atoms with E-state index >= 15 is 0 Å². The molecule has 25 heavy (non-hydrogen) atoms. The van der Waals surface area contributed by atoms with Crippen LogP contribution in [0.5, 0.6) is 0 Å². The number of imidazole rings is 1. The molecule has 0 fully saturated rings. The van der Waals surface area contributed by atoms with Gasteiger partial charge in [-0.25, -0.2) is 9.37 Å². The molecule has 0 aliphatic rings. The van der Waals surface area contributed by atoms with E-state index in [0.717, 1.165) is 29.1 Å². The molecule has 2 aromatic rings. The molecule has 2 nitrogen and oxygen atoms in total. The van der Waals surface area contributed by atoms with E-state index in [2.05, 4.69) is 30.7 Å². The number of rotatable bonds is 11. The number of unbranched alkanes of at least 4 members (excludes halogenated alkanes) is 7. The Morgan fingerprint density at radius 2 is 1.68 bits per heavy atom. The van der Waals surface area contributed by atoms with Crippen molar-refractivity contribution >= 4 is 0 Å². The molecular formula is C22H33FN2. The minimum Gasteiger partial charge on any atom is -0.342 e. The summed E-state index contributed by atoms with van der Waals surface area (Å²) in [7, 11) is 0. The first-order valence-electron chi connectivity index (χ1n) is 9.95. The van der Waals surface area contributed by atoms with Gasteiger partial charge in [-0.15, -0.1) is 0 Å². The number of aromatic nitrogens is 2. The lowest BCUT2D eigenvalue weighted by Gasteiger charge is -2.11. The minimum absolute atomic E-state index is 0.208. The van der Waals surface area contributed by atoms with E-state index in [9.17, 15) is 4.39 Å².